The van der Waals surface area contributed by atoms with Crippen LogP contribution in [0.3, 0.4) is 0 Å². The number of hydrogen-bond donors (Lipinski definition) is 0. The summed E-state index contributed by atoms with van der Waals surface area (Å²) in [4.78, 5) is 0. The second-order valence-corrected chi connectivity index (χ2v) is 15.4. The van der Waals surface area contributed by atoms with E-state index >= 15 is 0 Å². The lowest BCUT2D eigenvalue weighted by atomic mass is 9.55. The molecular formula is C32H39B17. The van der Waals surface area contributed by atoms with Gasteiger partial charge in [0, 0.05) is 0 Å². The van der Waals surface area contributed by atoms with E-state index in [0.717, 1.165) is 0 Å². The van der Waals surface area contributed by atoms with Gasteiger partial charge in [-0.15, -0.1) is 38.2 Å². The Morgan fingerprint density at radius 3 is 0.735 bits per heavy atom. The van der Waals surface area contributed by atoms with E-state index in [2.05, 4.69) is 164 Å². The van der Waals surface area contributed by atoms with Gasteiger partial charge in [0.15, 0.2) is 0 Å². The number of benzene rings is 6. The summed E-state index contributed by atoms with van der Waals surface area (Å²) >= 11 is 0. The minimum Gasteiger partial charge on any atom is -0.102 e. The first-order valence-electron chi connectivity index (χ1n) is 18.2. The Labute approximate surface area is 310 Å². The van der Waals surface area contributed by atoms with Gasteiger partial charge in [0.05, 0.1) is 0 Å². The summed E-state index contributed by atoms with van der Waals surface area (Å²) < 4.78 is 0. The van der Waals surface area contributed by atoms with E-state index in [0.29, 0.717) is 0 Å². The summed E-state index contributed by atoms with van der Waals surface area (Å²) in [5, 5.41) is 5.73. The molecule has 0 saturated carbocycles. The Balaban J connectivity index is 2.03. The molecule has 0 bridgehead atoms. The van der Waals surface area contributed by atoms with Crippen molar-refractivity contribution < 1.29 is 0 Å². The zero-order valence-electron chi connectivity index (χ0n) is 33.4. The minimum absolute atomic E-state index is 1.30. The molecule has 6 rings (SSSR count). The molecule has 0 radical (unpaired) electrons. The summed E-state index contributed by atoms with van der Waals surface area (Å²) in [5.41, 5.74) is 32.2. The van der Waals surface area contributed by atoms with Crippen LogP contribution in [0.15, 0.2) is 30.3 Å². The Morgan fingerprint density at radius 2 is 0.429 bits per heavy atom. The summed E-state index contributed by atoms with van der Waals surface area (Å²) in [6.07, 6.45) is 0. The van der Waals surface area contributed by atoms with Crippen LogP contribution in [-0.4, -0.2) is 133 Å². The molecule has 6 aromatic rings. The van der Waals surface area contributed by atoms with Crippen LogP contribution in [0.4, 0.5) is 0 Å². The van der Waals surface area contributed by atoms with Crippen LogP contribution in [0, 0.1) is 0 Å². The molecule has 49 heavy (non-hydrogen) atoms. The fraction of sp³-hybridized carbons (Fsp3) is 0. The normalized spacial score (nSPS) is 11.4. The van der Waals surface area contributed by atoms with Gasteiger partial charge in [-0.05, 0) is 54.9 Å². The van der Waals surface area contributed by atoms with E-state index in [9.17, 15) is 0 Å². The highest BCUT2D eigenvalue weighted by Gasteiger charge is 2.29. The molecule has 0 unspecified atom stereocenters. The lowest BCUT2D eigenvalue weighted by Crippen LogP contribution is -2.55. The van der Waals surface area contributed by atoms with E-state index < -0.39 is 0 Å². The largest absolute Gasteiger partial charge is 0.139 e. The first-order valence-corrected chi connectivity index (χ1v) is 18.2. The van der Waals surface area contributed by atoms with Gasteiger partial charge in [0.1, 0.15) is 133 Å². The van der Waals surface area contributed by atoms with E-state index in [4.69, 9.17) is 0 Å². The van der Waals surface area contributed by atoms with Crippen molar-refractivity contribution >= 4 is 248 Å². The molecule has 0 atom stereocenters. The van der Waals surface area contributed by atoms with Crippen molar-refractivity contribution in [2.24, 2.45) is 0 Å². The quantitative estimate of drug-likeness (QED) is 0.139. The fourth-order valence-corrected chi connectivity index (χ4v) is 9.23. The van der Waals surface area contributed by atoms with Crippen LogP contribution in [-0.2, 0) is 0 Å². The van der Waals surface area contributed by atoms with Crippen LogP contribution in [0.1, 0.15) is 0 Å². The fourth-order valence-electron chi connectivity index (χ4n) is 9.23. The molecule has 0 aromatic heterocycles. The highest BCUT2D eigenvalue weighted by Crippen LogP contribution is 2.38. The monoisotopic (exact) mass is 610 g/mol. The molecule has 0 N–H and O–H groups in total. The first kappa shape index (κ1) is 35.8. The van der Waals surface area contributed by atoms with Gasteiger partial charge in [0.25, 0.3) is 0 Å². The third-order valence-electron chi connectivity index (χ3n) is 13.6. The maximum Gasteiger partial charge on any atom is 0.139 e. The van der Waals surface area contributed by atoms with E-state index in [-0.39, 0.29) is 0 Å². The van der Waals surface area contributed by atoms with E-state index in [1.54, 1.807) is 0 Å². The van der Waals surface area contributed by atoms with Gasteiger partial charge < -0.3 is 0 Å². The molecule has 0 saturated heterocycles. The summed E-state index contributed by atoms with van der Waals surface area (Å²) in [5.74, 6) is 0. The molecule has 6 aromatic carbocycles. The molecule has 17 heteroatoms. The third kappa shape index (κ3) is 4.99. The Bertz CT molecular complexity index is 2310. The van der Waals surface area contributed by atoms with Crippen molar-refractivity contribution in [3.05, 3.63) is 30.3 Å². The average molecular weight is 607 g/mol. The van der Waals surface area contributed by atoms with Crippen molar-refractivity contribution in [3.63, 3.8) is 0 Å². The molecule has 0 amide bonds. The van der Waals surface area contributed by atoms with Crippen molar-refractivity contribution in [1.29, 1.82) is 0 Å². The van der Waals surface area contributed by atoms with Crippen LogP contribution < -0.4 is 92.9 Å². The van der Waals surface area contributed by atoms with Gasteiger partial charge >= 0.3 is 0 Å². The Kier molecular flexibility index (Phi) is 9.21. The molecule has 218 valence electrons. The molecular weight excluding hydrogens is 568 g/mol. The average Bonchev–Trinajstić information content (AvgIpc) is 3.09. The molecule has 0 aliphatic heterocycles. The topological polar surface area (TPSA) is 0 Å². The summed E-state index contributed by atoms with van der Waals surface area (Å²) in [6.45, 7) is 0. The predicted molar refractivity (Wildman–Crippen MR) is 277 cm³/mol. The standard InChI is InChI=1S/C32H39B17/c33-16-7(6-4-2-1-3-5-6)17(34)23(40)14(22(16)39)8-10-12(20(37)28(45)26(43)18(10)35)9(13-11(8)19(36)27(44)29(46)21(13)38)15-24(41)30(47)32(49)31(48)25(15)42/h1-5H,33-49H2. The second kappa shape index (κ2) is 12.6. The van der Waals surface area contributed by atoms with Gasteiger partial charge in [-0.2, -0.15) is 0 Å². The lowest BCUT2D eigenvalue weighted by Gasteiger charge is -2.32. The van der Waals surface area contributed by atoms with Crippen molar-refractivity contribution in [3.8, 4) is 33.4 Å². The van der Waals surface area contributed by atoms with E-state index in [1.165, 1.54) is 148 Å². The van der Waals surface area contributed by atoms with Gasteiger partial charge in [0.2, 0.25) is 0 Å². The summed E-state index contributed by atoms with van der Waals surface area (Å²) in [6, 6.07) is 11.0. The van der Waals surface area contributed by atoms with Gasteiger partial charge in [-0.1, -0.05) is 85.0 Å². The number of fused-ring (bicyclic) bond motifs is 2. The molecule has 0 fully saturated rings. The van der Waals surface area contributed by atoms with Crippen LogP contribution in [0.25, 0.3) is 54.9 Å². The molecule has 0 aliphatic carbocycles. The predicted octanol–water partition coefficient (Wildman–Crippen LogP) is -20.6. The summed E-state index contributed by atoms with van der Waals surface area (Å²) in [7, 11) is 40.1. The van der Waals surface area contributed by atoms with Crippen LogP contribution in [0.2, 0.25) is 0 Å². The highest BCUT2D eigenvalue weighted by atomic mass is 14.3. The second-order valence-electron chi connectivity index (χ2n) is 15.4. The number of hydrogen-bond acceptors (Lipinski definition) is 0. The molecule has 0 spiro atoms. The maximum absolute atomic E-state index is 2.39. The third-order valence-corrected chi connectivity index (χ3v) is 13.6. The van der Waals surface area contributed by atoms with Crippen molar-refractivity contribution in [2.75, 3.05) is 0 Å². The van der Waals surface area contributed by atoms with Crippen LogP contribution >= 0.6 is 0 Å². The number of rotatable bonds is 3. The van der Waals surface area contributed by atoms with Gasteiger partial charge in [-0.25, -0.2) is 0 Å². The maximum atomic E-state index is 2.39. The smallest absolute Gasteiger partial charge is 0.102 e. The Morgan fingerprint density at radius 1 is 0.204 bits per heavy atom. The first-order chi connectivity index (χ1) is 23.0. The van der Waals surface area contributed by atoms with Crippen LogP contribution in [0.5, 0.6) is 0 Å². The van der Waals surface area contributed by atoms with Gasteiger partial charge in [-0.3, -0.25) is 0 Å². The zero-order valence-corrected chi connectivity index (χ0v) is 33.4. The molecule has 0 heterocycles. The highest BCUT2D eigenvalue weighted by molar-refractivity contribution is 6.74. The molecule has 0 aliphatic rings. The van der Waals surface area contributed by atoms with Crippen molar-refractivity contribution in [1.82, 2.24) is 0 Å². The van der Waals surface area contributed by atoms with E-state index in [1.807, 2.05) is 0 Å². The lowest BCUT2D eigenvalue weighted by molar-refractivity contribution is 1.69. The minimum atomic E-state index is 1.30. The SMILES string of the molecule is Bc1c(B)c(B)c(-c2c3c(B)c(B)c(B)c(B)c3c(-c3c(B)c(B)c(-c4ccccc4)c(B)c3B)c3c(B)c(B)c(B)c(B)c23)c(B)c1B. The Hall–Kier alpha value is -3.06. The molecule has 0 nitrogen and oxygen atoms in total. The zero-order chi connectivity index (χ0) is 36.1. The van der Waals surface area contributed by atoms with Crippen molar-refractivity contribution in [2.45, 2.75) is 0 Å².